The van der Waals surface area contributed by atoms with Gasteiger partial charge in [0.15, 0.2) is 0 Å². The molecule has 2 heteroatoms. The summed E-state index contributed by atoms with van der Waals surface area (Å²) in [6, 6.07) is 9.67. The number of alkyl halides is 1. The van der Waals surface area contributed by atoms with Crippen molar-refractivity contribution in [3.63, 3.8) is 0 Å². The van der Waals surface area contributed by atoms with Crippen LogP contribution in [0.4, 0.5) is 0 Å². The van der Waals surface area contributed by atoms with Crippen LogP contribution in [0.5, 0.6) is 5.75 Å². The van der Waals surface area contributed by atoms with Crippen molar-refractivity contribution >= 4 is 11.6 Å². The smallest absolute Gasteiger partial charge is 0.119 e. The maximum Gasteiger partial charge on any atom is 0.119 e. The zero-order valence-electron chi connectivity index (χ0n) is 7.45. The van der Waals surface area contributed by atoms with Crippen molar-refractivity contribution in [2.75, 3.05) is 5.88 Å². The molecular weight excluding hydrogens is 184 g/mol. The molecule has 1 rings (SSSR count). The third kappa shape index (κ3) is 3.51. The molecule has 0 saturated heterocycles. The summed E-state index contributed by atoms with van der Waals surface area (Å²) < 4.78 is 5.60. The van der Waals surface area contributed by atoms with Gasteiger partial charge in [-0.3, -0.25) is 0 Å². The van der Waals surface area contributed by atoms with E-state index in [1.54, 1.807) is 0 Å². The minimum absolute atomic E-state index is 0.0292. The van der Waals surface area contributed by atoms with E-state index in [0.717, 1.165) is 12.2 Å². The van der Waals surface area contributed by atoms with Gasteiger partial charge >= 0.3 is 0 Å². The predicted molar refractivity (Wildman–Crippen MR) is 56.4 cm³/mol. The molecule has 0 saturated carbocycles. The van der Waals surface area contributed by atoms with Crippen molar-refractivity contribution in [3.05, 3.63) is 43.0 Å². The Hall–Kier alpha value is -0.950. The van der Waals surface area contributed by atoms with E-state index in [9.17, 15) is 0 Å². The second kappa shape index (κ2) is 5.65. The summed E-state index contributed by atoms with van der Waals surface area (Å²) in [6.45, 7) is 3.65. The van der Waals surface area contributed by atoms with Gasteiger partial charge in [0.05, 0.1) is 5.88 Å². The zero-order chi connectivity index (χ0) is 9.52. The Morgan fingerprint density at radius 2 is 2.08 bits per heavy atom. The topological polar surface area (TPSA) is 9.23 Å². The fraction of sp³-hybridized carbons (Fsp3) is 0.273. The Balaban J connectivity index is 2.51. The van der Waals surface area contributed by atoms with E-state index in [1.807, 2.05) is 36.4 Å². The summed E-state index contributed by atoms with van der Waals surface area (Å²) in [5.41, 5.74) is 0. The lowest BCUT2D eigenvalue weighted by molar-refractivity contribution is 0.228. The average Bonchev–Trinajstić information content (AvgIpc) is 2.19. The first-order valence-corrected chi connectivity index (χ1v) is 4.79. The molecule has 0 aliphatic heterocycles. The first-order valence-electron chi connectivity index (χ1n) is 4.25. The van der Waals surface area contributed by atoms with Crippen molar-refractivity contribution in [1.29, 1.82) is 0 Å². The van der Waals surface area contributed by atoms with Gasteiger partial charge in [0.2, 0.25) is 0 Å². The summed E-state index contributed by atoms with van der Waals surface area (Å²) in [6.07, 6.45) is 2.62. The Kier molecular flexibility index (Phi) is 4.41. The fourth-order valence-corrected chi connectivity index (χ4v) is 1.21. The molecule has 0 radical (unpaired) electrons. The molecule has 0 amide bonds. The molecule has 0 bridgehead atoms. The molecule has 0 aliphatic carbocycles. The Morgan fingerprint density at radius 3 is 2.62 bits per heavy atom. The van der Waals surface area contributed by atoms with Crippen LogP contribution in [-0.4, -0.2) is 12.0 Å². The maximum atomic E-state index is 5.72. The highest BCUT2D eigenvalue weighted by atomic mass is 35.5. The lowest BCUT2D eigenvalue weighted by Crippen LogP contribution is -2.17. The summed E-state index contributed by atoms with van der Waals surface area (Å²) in [4.78, 5) is 0. The van der Waals surface area contributed by atoms with Gasteiger partial charge in [-0.1, -0.05) is 24.3 Å². The normalized spacial score (nSPS) is 12.1. The van der Waals surface area contributed by atoms with E-state index in [-0.39, 0.29) is 6.10 Å². The van der Waals surface area contributed by atoms with Gasteiger partial charge in [-0.25, -0.2) is 0 Å². The molecule has 1 atom stereocenters. The number of hydrogen-bond donors (Lipinski definition) is 0. The van der Waals surface area contributed by atoms with E-state index in [0.29, 0.717) is 5.88 Å². The van der Waals surface area contributed by atoms with Crippen molar-refractivity contribution in [2.45, 2.75) is 12.5 Å². The summed E-state index contributed by atoms with van der Waals surface area (Å²) in [5.74, 6) is 1.34. The van der Waals surface area contributed by atoms with Crippen molar-refractivity contribution in [2.24, 2.45) is 0 Å². The van der Waals surface area contributed by atoms with Crippen molar-refractivity contribution in [3.8, 4) is 5.75 Å². The standard InChI is InChI=1S/C11H13ClO/c1-2-6-11(9-12)13-10-7-4-3-5-8-10/h2-5,7-8,11H,1,6,9H2. The van der Waals surface area contributed by atoms with Crippen LogP contribution >= 0.6 is 11.6 Å². The largest absolute Gasteiger partial charge is 0.489 e. The Bertz CT molecular complexity index is 246. The van der Waals surface area contributed by atoms with Gasteiger partial charge in [0, 0.05) is 6.42 Å². The molecule has 0 fully saturated rings. The second-order valence-electron chi connectivity index (χ2n) is 2.73. The van der Waals surface area contributed by atoms with Gasteiger partial charge in [-0.2, -0.15) is 0 Å². The predicted octanol–water partition coefficient (Wildman–Crippen LogP) is 3.25. The van der Waals surface area contributed by atoms with Gasteiger partial charge in [-0.15, -0.1) is 18.2 Å². The maximum absolute atomic E-state index is 5.72. The van der Waals surface area contributed by atoms with Gasteiger partial charge in [0.25, 0.3) is 0 Å². The van der Waals surface area contributed by atoms with Crippen LogP contribution in [-0.2, 0) is 0 Å². The van der Waals surface area contributed by atoms with Crippen molar-refractivity contribution in [1.82, 2.24) is 0 Å². The average molecular weight is 197 g/mol. The van der Waals surface area contributed by atoms with E-state index < -0.39 is 0 Å². The quantitative estimate of drug-likeness (QED) is 0.519. The molecule has 0 spiro atoms. The Labute approximate surface area is 84.0 Å². The number of benzene rings is 1. The Morgan fingerprint density at radius 1 is 1.38 bits per heavy atom. The first kappa shape index (κ1) is 10.1. The molecular formula is C11H13ClO. The molecule has 13 heavy (non-hydrogen) atoms. The van der Waals surface area contributed by atoms with Crippen LogP contribution in [0.1, 0.15) is 6.42 Å². The van der Waals surface area contributed by atoms with E-state index >= 15 is 0 Å². The molecule has 0 aromatic heterocycles. The first-order chi connectivity index (χ1) is 6.36. The van der Waals surface area contributed by atoms with Crippen LogP contribution in [0.15, 0.2) is 43.0 Å². The molecule has 1 aromatic carbocycles. The third-order valence-corrected chi connectivity index (χ3v) is 1.99. The van der Waals surface area contributed by atoms with Crippen molar-refractivity contribution < 1.29 is 4.74 Å². The zero-order valence-corrected chi connectivity index (χ0v) is 8.20. The van der Waals surface area contributed by atoms with E-state index in [2.05, 4.69) is 6.58 Å². The number of para-hydroxylation sites is 1. The number of hydrogen-bond acceptors (Lipinski definition) is 1. The molecule has 0 aliphatic rings. The number of rotatable bonds is 5. The van der Waals surface area contributed by atoms with E-state index in [4.69, 9.17) is 16.3 Å². The SMILES string of the molecule is C=CCC(CCl)Oc1ccccc1. The molecule has 1 nitrogen and oxygen atoms in total. The second-order valence-corrected chi connectivity index (χ2v) is 3.04. The molecule has 0 heterocycles. The summed E-state index contributed by atoms with van der Waals surface area (Å²) in [7, 11) is 0. The van der Waals surface area contributed by atoms with Gasteiger partial charge < -0.3 is 4.74 Å². The minimum atomic E-state index is 0.0292. The lowest BCUT2D eigenvalue weighted by Gasteiger charge is -2.14. The number of ether oxygens (including phenoxy) is 1. The van der Waals surface area contributed by atoms with Crippen LogP contribution < -0.4 is 4.74 Å². The highest BCUT2D eigenvalue weighted by molar-refractivity contribution is 6.18. The molecule has 0 N–H and O–H groups in total. The summed E-state index contributed by atoms with van der Waals surface area (Å²) in [5, 5.41) is 0. The highest BCUT2D eigenvalue weighted by Gasteiger charge is 2.05. The minimum Gasteiger partial charge on any atom is -0.489 e. The van der Waals surface area contributed by atoms with Crippen LogP contribution in [0, 0.1) is 0 Å². The molecule has 70 valence electrons. The van der Waals surface area contributed by atoms with Crippen LogP contribution in [0.2, 0.25) is 0 Å². The molecule has 1 unspecified atom stereocenters. The fourth-order valence-electron chi connectivity index (χ4n) is 1.02. The highest BCUT2D eigenvalue weighted by Crippen LogP contribution is 2.13. The lowest BCUT2D eigenvalue weighted by atomic mass is 10.3. The van der Waals surface area contributed by atoms with Gasteiger partial charge in [-0.05, 0) is 12.1 Å². The monoisotopic (exact) mass is 196 g/mol. The van der Waals surface area contributed by atoms with Gasteiger partial charge in [0.1, 0.15) is 11.9 Å². The summed E-state index contributed by atoms with van der Waals surface area (Å²) >= 11 is 5.72. The molecule has 1 aromatic rings. The van der Waals surface area contributed by atoms with E-state index in [1.165, 1.54) is 0 Å². The van der Waals surface area contributed by atoms with Crippen LogP contribution in [0.25, 0.3) is 0 Å². The number of halogens is 1. The van der Waals surface area contributed by atoms with Crippen LogP contribution in [0.3, 0.4) is 0 Å². The third-order valence-electron chi connectivity index (χ3n) is 1.65.